The Morgan fingerprint density at radius 3 is 2.24 bits per heavy atom. The average molecular weight is 733 g/mol. The molecule has 0 amide bonds. The average Bonchev–Trinajstić information content (AvgIpc) is 3.18. The minimum absolute atomic E-state index is 0.114. The quantitative estimate of drug-likeness (QED) is 0.240. The highest BCUT2D eigenvalue weighted by Gasteiger charge is 2.43. The van der Waals surface area contributed by atoms with Crippen LogP contribution in [-0.2, 0) is 16.1 Å². The summed E-state index contributed by atoms with van der Waals surface area (Å²) in [5.74, 6) is -1.53. The number of aromatic carboxylic acids is 1. The second-order valence-corrected chi connectivity index (χ2v) is 11.2. The number of halogens is 2. The summed E-state index contributed by atoms with van der Waals surface area (Å²) in [5.41, 5.74) is 5.53. The molecule has 0 saturated carbocycles. The van der Waals surface area contributed by atoms with Gasteiger partial charge in [0.25, 0.3) is 0 Å². The third kappa shape index (κ3) is 4.62. The van der Waals surface area contributed by atoms with Crippen LogP contribution in [0.15, 0.2) is 77.5 Å². The van der Waals surface area contributed by atoms with Crippen molar-refractivity contribution < 1.29 is 29.0 Å². The molecule has 7 nitrogen and oxygen atoms in total. The highest BCUT2D eigenvalue weighted by atomic mass is 127. The smallest absolute Gasteiger partial charge is 0.336 e. The zero-order valence-corrected chi connectivity index (χ0v) is 24.6. The first-order chi connectivity index (χ1) is 18.2. The molecular weight excluding hydrogens is 712 g/mol. The molecule has 38 heavy (non-hydrogen) atoms. The van der Waals surface area contributed by atoms with Crippen LogP contribution in [0.4, 0.5) is 0 Å². The summed E-state index contributed by atoms with van der Waals surface area (Å²) in [6.45, 7) is 2.08. The second-order valence-electron chi connectivity index (χ2n) is 8.86. The molecule has 0 radical (unpaired) electrons. The maximum Gasteiger partial charge on any atom is 0.336 e. The molecule has 3 aromatic carbocycles. The van der Waals surface area contributed by atoms with Crippen molar-refractivity contribution in [3.8, 4) is 5.75 Å². The SMILES string of the molecule is COC(=O)C1=C(C)NC2=C(C(=O)c3ccccc32)[C@@H]1c1cc(I)c(OCc2ccc(C(=O)O)cc2)c(I)c1. The molecule has 1 atom stereocenters. The molecule has 5 rings (SSSR count). The molecule has 0 aromatic heterocycles. The fourth-order valence-corrected chi connectivity index (χ4v) is 6.95. The van der Waals surface area contributed by atoms with Gasteiger partial charge in [-0.3, -0.25) is 4.79 Å². The number of allylic oxidation sites excluding steroid dienone is 2. The molecule has 1 heterocycles. The highest BCUT2D eigenvalue weighted by Crippen LogP contribution is 2.48. The number of hydrogen-bond acceptors (Lipinski definition) is 6. The van der Waals surface area contributed by atoms with Crippen molar-refractivity contribution in [1.82, 2.24) is 5.32 Å². The second kappa shape index (κ2) is 10.5. The summed E-state index contributed by atoms with van der Waals surface area (Å²) in [7, 11) is 1.34. The Hall–Kier alpha value is -3.19. The number of Topliss-reactive ketones (excluding diaryl/α,β-unsaturated/α-hetero) is 1. The fourth-order valence-electron chi connectivity index (χ4n) is 4.83. The number of benzene rings is 3. The van der Waals surface area contributed by atoms with Crippen molar-refractivity contribution in [3.63, 3.8) is 0 Å². The zero-order valence-electron chi connectivity index (χ0n) is 20.3. The summed E-state index contributed by atoms with van der Waals surface area (Å²) in [5, 5.41) is 12.4. The number of carbonyl (C=O) groups is 3. The molecular formula is C29H21I2NO6. The standard InChI is InChI=1S/C29H21I2NO6/c1-14-22(29(36)37-2)23(24-25(32-14)18-5-3-4-6-19(18)26(24)33)17-11-20(30)27(21(31)12-17)38-13-15-7-9-16(10-8-15)28(34)35/h3-12,23,32H,13H2,1-2H3,(H,34,35)/t23-/m1/s1. The monoisotopic (exact) mass is 733 g/mol. The van der Waals surface area contributed by atoms with Crippen LogP contribution in [-0.4, -0.2) is 29.9 Å². The minimum atomic E-state index is -0.979. The summed E-state index contributed by atoms with van der Waals surface area (Å²) < 4.78 is 12.9. The molecule has 0 fully saturated rings. The number of carboxylic acids is 1. The van der Waals surface area contributed by atoms with E-state index >= 15 is 0 Å². The van der Waals surface area contributed by atoms with Crippen LogP contribution in [0.1, 0.15) is 50.2 Å². The van der Waals surface area contributed by atoms with Crippen LogP contribution in [0, 0.1) is 7.14 Å². The van der Waals surface area contributed by atoms with Crippen molar-refractivity contribution in [2.45, 2.75) is 19.4 Å². The lowest BCUT2D eigenvalue weighted by molar-refractivity contribution is -0.136. The van der Waals surface area contributed by atoms with E-state index in [-0.39, 0.29) is 18.0 Å². The normalized spacial score (nSPS) is 16.1. The lowest BCUT2D eigenvalue weighted by Crippen LogP contribution is -2.29. The van der Waals surface area contributed by atoms with E-state index in [1.165, 1.54) is 7.11 Å². The van der Waals surface area contributed by atoms with E-state index in [2.05, 4.69) is 50.5 Å². The van der Waals surface area contributed by atoms with Gasteiger partial charge in [0.15, 0.2) is 5.78 Å². The first-order valence-corrected chi connectivity index (χ1v) is 13.7. The number of carboxylic acid groups (broad SMARTS) is 1. The van der Waals surface area contributed by atoms with E-state index in [4.69, 9.17) is 14.6 Å². The third-order valence-corrected chi connectivity index (χ3v) is 8.19. The number of fused-ring (bicyclic) bond motifs is 2. The number of ether oxygens (including phenoxy) is 2. The number of rotatable bonds is 6. The van der Waals surface area contributed by atoms with E-state index in [9.17, 15) is 14.4 Å². The Labute approximate surface area is 246 Å². The molecule has 3 aromatic rings. The van der Waals surface area contributed by atoms with Gasteiger partial charge in [0.05, 0.1) is 31.1 Å². The third-order valence-electron chi connectivity index (χ3n) is 6.59. The number of methoxy groups -OCH3 is 1. The Morgan fingerprint density at radius 2 is 1.63 bits per heavy atom. The van der Waals surface area contributed by atoms with Gasteiger partial charge in [0, 0.05) is 28.3 Å². The number of hydrogen-bond donors (Lipinski definition) is 2. The van der Waals surface area contributed by atoms with E-state index in [1.807, 2.05) is 37.3 Å². The van der Waals surface area contributed by atoms with Crippen LogP contribution in [0.5, 0.6) is 5.75 Å². The molecule has 2 N–H and O–H groups in total. The van der Waals surface area contributed by atoms with Crippen molar-refractivity contribution >= 4 is 68.6 Å². The van der Waals surface area contributed by atoms with E-state index in [0.717, 1.165) is 29.5 Å². The Bertz CT molecular complexity index is 1550. The molecule has 1 aliphatic heterocycles. The Morgan fingerprint density at radius 1 is 1.00 bits per heavy atom. The van der Waals surface area contributed by atoms with Gasteiger partial charge in [-0.25, -0.2) is 9.59 Å². The lowest BCUT2D eigenvalue weighted by atomic mass is 9.80. The molecule has 192 valence electrons. The summed E-state index contributed by atoms with van der Waals surface area (Å²) in [4.78, 5) is 37.7. The number of ketones is 1. The number of carbonyl (C=O) groups excluding carboxylic acids is 2. The first kappa shape index (κ1) is 26.4. The lowest BCUT2D eigenvalue weighted by Gasteiger charge is -2.29. The molecule has 0 unspecified atom stereocenters. The maximum absolute atomic E-state index is 13.6. The number of dihydropyridines is 1. The molecule has 1 aliphatic carbocycles. The Balaban J connectivity index is 1.53. The first-order valence-electron chi connectivity index (χ1n) is 11.6. The largest absolute Gasteiger partial charge is 0.487 e. The fraction of sp³-hybridized carbons (Fsp3) is 0.138. The molecule has 0 bridgehead atoms. The molecule has 2 aliphatic rings. The van der Waals surface area contributed by atoms with Crippen molar-refractivity contribution in [1.29, 1.82) is 0 Å². The van der Waals surface area contributed by atoms with Gasteiger partial charge in [-0.05, 0) is 87.5 Å². The predicted octanol–water partition coefficient (Wildman–Crippen LogP) is 5.91. The van der Waals surface area contributed by atoms with Gasteiger partial charge in [0.2, 0.25) is 0 Å². The van der Waals surface area contributed by atoms with Gasteiger partial charge in [-0.15, -0.1) is 0 Å². The van der Waals surface area contributed by atoms with Crippen molar-refractivity contribution in [3.05, 3.63) is 112 Å². The van der Waals surface area contributed by atoms with Crippen molar-refractivity contribution in [2.24, 2.45) is 0 Å². The molecule has 0 spiro atoms. The van der Waals surface area contributed by atoms with Gasteiger partial charge in [-0.2, -0.15) is 0 Å². The van der Waals surface area contributed by atoms with E-state index in [1.54, 1.807) is 30.3 Å². The van der Waals surface area contributed by atoms with Crippen LogP contribution in [0.25, 0.3) is 5.70 Å². The predicted molar refractivity (Wildman–Crippen MR) is 158 cm³/mol. The maximum atomic E-state index is 13.6. The van der Waals surface area contributed by atoms with Crippen LogP contribution < -0.4 is 10.1 Å². The van der Waals surface area contributed by atoms with Gasteiger partial charge >= 0.3 is 11.9 Å². The molecule has 9 heteroatoms. The highest BCUT2D eigenvalue weighted by molar-refractivity contribution is 14.1. The topological polar surface area (TPSA) is 102 Å². The summed E-state index contributed by atoms with van der Waals surface area (Å²) in [6.07, 6.45) is 0. The van der Waals surface area contributed by atoms with Gasteiger partial charge in [-0.1, -0.05) is 36.4 Å². The number of esters is 1. The summed E-state index contributed by atoms with van der Waals surface area (Å²) in [6, 6.07) is 17.8. The van der Waals surface area contributed by atoms with Crippen molar-refractivity contribution in [2.75, 3.05) is 7.11 Å². The molecule has 0 saturated heterocycles. The Kier molecular flexibility index (Phi) is 7.32. The van der Waals surface area contributed by atoms with Gasteiger partial charge in [0.1, 0.15) is 12.4 Å². The number of nitrogens with one attached hydrogen (secondary N) is 1. The van der Waals surface area contributed by atoms with Crippen LogP contribution in [0.3, 0.4) is 0 Å². The summed E-state index contributed by atoms with van der Waals surface area (Å²) >= 11 is 4.39. The van der Waals surface area contributed by atoms with E-state index < -0.39 is 17.9 Å². The van der Waals surface area contributed by atoms with E-state index in [0.29, 0.717) is 28.2 Å². The zero-order chi connectivity index (χ0) is 27.1. The van der Waals surface area contributed by atoms with Crippen LogP contribution in [0.2, 0.25) is 0 Å². The van der Waals surface area contributed by atoms with Gasteiger partial charge < -0.3 is 19.9 Å². The van der Waals surface area contributed by atoms with Crippen LogP contribution >= 0.6 is 45.2 Å². The minimum Gasteiger partial charge on any atom is -0.487 e.